The predicted molar refractivity (Wildman–Crippen MR) is 53.4 cm³/mol. The Kier molecular flexibility index (Phi) is 4.01. The summed E-state index contributed by atoms with van der Waals surface area (Å²) in [6, 6.07) is 6.82. The van der Waals surface area contributed by atoms with Crippen molar-refractivity contribution in [3.05, 3.63) is 35.4 Å². The van der Waals surface area contributed by atoms with E-state index in [1.165, 1.54) is 12.1 Å². The van der Waals surface area contributed by atoms with E-state index in [4.69, 9.17) is 0 Å². The molecule has 0 heterocycles. The standard InChI is InChI=1S/C11H15F2N/c1-8(2)14-7-9-3-5-10(6-4-9)11(12)13/h3-6,8,11,14H,7H2,1-2H3. The topological polar surface area (TPSA) is 12.0 Å². The van der Waals surface area contributed by atoms with Crippen molar-refractivity contribution in [2.24, 2.45) is 0 Å². The van der Waals surface area contributed by atoms with Gasteiger partial charge in [0, 0.05) is 18.2 Å². The molecule has 0 fully saturated rings. The van der Waals surface area contributed by atoms with Gasteiger partial charge < -0.3 is 5.32 Å². The van der Waals surface area contributed by atoms with E-state index in [1.807, 2.05) is 13.8 Å². The SMILES string of the molecule is CC(C)NCc1ccc(C(F)F)cc1. The third kappa shape index (κ3) is 3.42. The Hall–Kier alpha value is -0.960. The van der Waals surface area contributed by atoms with Crippen molar-refractivity contribution in [2.75, 3.05) is 0 Å². The molecule has 1 aromatic carbocycles. The summed E-state index contributed by atoms with van der Waals surface area (Å²) in [6.07, 6.45) is -2.37. The van der Waals surface area contributed by atoms with Crippen LogP contribution in [0.15, 0.2) is 24.3 Å². The second kappa shape index (κ2) is 5.05. The van der Waals surface area contributed by atoms with Crippen LogP contribution in [0, 0.1) is 0 Å². The van der Waals surface area contributed by atoms with Gasteiger partial charge in [0.05, 0.1) is 0 Å². The average molecular weight is 199 g/mol. The second-order valence-corrected chi connectivity index (χ2v) is 3.58. The molecular weight excluding hydrogens is 184 g/mol. The molecule has 0 aliphatic heterocycles. The molecular formula is C11H15F2N. The maximum atomic E-state index is 12.2. The molecule has 0 saturated heterocycles. The Balaban J connectivity index is 2.55. The smallest absolute Gasteiger partial charge is 0.263 e. The summed E-state index contributed by atoms with van der Waals surface area (Å²) < 4.78 is 24.4. The van der Waals surface area contributed by atoms with E-state index in [2.05, 4.69) is 5.32 Å². The largest absolute Gasteiger partial charge is 0.310 e. The fourth-order valence-corrected chi connectivity index (χ4v) is 1.10. The van der Waals surface area contributed by atoms with Gasteiger partial charge >= 0.3 is 0 Å². The Bertz CT molecular complexity index is 267. The van der Waals surface area contributed by atoms with Gasteiger partial charge in [-0.25, -0.2) is 8.78 Å². The van der Waals surface area contributed by atoms with E-state index in [0.717, 1.165) is 12.1 Å². The third-order valence-corrected chi connectivity index (χ3v) is 1.95. The molecule has 3 heteroatoms. The fraction of sp³-hybridized carbons (Fsp3) is 0.455. The van der Waals surface area contributed by atoms with Gasteiger partial charge in [-0.05, 0) is 5.56 Å². The number of alkyl halides is 2. The summed E-state index contributed by atoms with van der Waals surface area (Å²) >= 11 is 0. The summed E-state index contributed by atoms with van der Waals surface area (Å²) in [6.45, 7) is 4.82. The van der Waals surface area contributed by atoms with Crippen LogP contribution < -0.4 is 5.32 Å². The van der Waals surface area contributed by atoms with Gasteiger partial charge in [-0.15, -0.1) is 0 Å². The molecule has 0 spiro atoms. The Labute approximate surface area is 83.1 Å². The first-order valence-corrected chi connectivity index (χ1v) is 4.70. The van der Waals surface area contributed by atoms with Crippen molar-refractivity contribution in [1.82, 2.24) is 5.32 Å². The molecule has 0 unspecified atom stereocenters. The van der Waals surface area contributed by atoms with E-state index < -0.39 is 6.43 Å². The Morgan fingerprint density at radius 2 is 1.71 bits per heavy atom. The van der Waals surface area contributed by atoms with Crippen LogP contribution in [0.25, 0.3) is 0 Å². The third-order valence-electron chi connectivity index (χ3n) is 1.95. The molecule has 0 aliphatic carbocycles. The highest BCUT2D eigenvalue weighted by Crippen LogP contribution is 2.18. The fourth-order valence-electron chi connectivity index (χ4n) is 1.10. The van der Waals surface area contributed by atoms with Crippen molar-refractivity contribution >= 4 is 0 Å². The number of halogens is 2. The lowest BCUT2D eigenvalue weighted by Gasteiger charge is -2.08. The maximum Gasteiger partial charge on any atom is 0.263 e. The summed E-state index contributed by atoms with van der Waals surface area (Å²) in [7, 11) is 0. The molecule has 0 saturated carbocycles. The molecule has 14 heavy (non-hydrogen) atoms. The molecule has 1 N–H and O–H groups in total. The number of benzene rings is 1. The van der Waals surface area contributed by atoms with Gasteiger partial charge in [-0.1, -0.05) is 38.1 Å². The summed E-state index contributed by atoms with van der Waals surface area (Å²) in [5.41, 5.74) is 1.11. The first-order valence-electron chi connectivity index (χ1n) is 4.70. The van der Waals surface area contributed by atoms with Crippen molar-refractivity contribution < 1.29 is 8.78 Å². The molecule has 0 aromatic heterocycles. The molecule has 0 radical (unpaired) electrons. The first kappa shape index (κ1) is 11.1. The molecule has 1 rings (SSSR count). The summed E-state index contributed by atoms with van der Waals surface area (Å²) in [4.78, 5) is 0. The lowest BCUT2D eigenvalue weighted by molar-refractivity contribution is 0.151. The van der Waals surface area contributed by atoms with Crippen molar-refractivity contribution in [3.63, 3.8) is 0 Å². The monoisotopic (exact) mass is 199 g/mol. The molecule has 0 bridgehead atoms. The van der Waals surface area contributed by atoms with Gasteiger partial charge in [0.1, 0.15) is 0 Å². The zero-order valence-electron chi connectivity index (χ0n) is 8.43. The summed E-state index contributed by atoms with van der Waals surface area (Å²) in [5, 5.41) is 3.22. The van der Waals surface area contributed by atoms with Crippen LogP contribution in [-0.4, -0.2) is 6.04 Å². The summed E-state index contributed by atoms with van der Waals surface area (Å²) in [5.74, 6) is 0. The van der Waals surface area contributed by atoms with E-state index in [1.54, 1.807) is 12.1 Å². The highest BCUT2D eigenvalue weighted by Gasteiger charge is 2.05. The van der Waals surface area contributed by atoms with Gasteiger partial charge in [0.2, 0.25) is 0 Å². The average Bonchev–Trinajstić information content (AvgIpc) is 2.15. The van der Waals surface area contributed by atoms with Gasteiger partial charge in [0.25, 0.3) is 6.43 Å². The number of nitrogens with one attached hydrogen (secondary N) is 1. The predicted octanol–water partition coefficient (Wildman–Crippen LogP) is 3.12. The van der Waals surface area contributed by atoms with Crippen molar-refractivity contribution in [1.29, 1.82) is 0 Å². The minimum absolute atomic E-state index is 0.0818. The molecule has 0 aliphatic rings. The van der Waals surface area contributed by atoms with Crippen molar-refractivity contribution in [3.8, 4) is 0 Å². The quantitative estimate of drug-likeness (QED) is 0.785. The molecule has 78 valence electrons. The molecule has 0 amide bonds. The van der Waals surface area contributed by atoms with Gasteiger partial charge in [-0.3, -0.25) is 0 Å². The molecule has 0 atom stereocenters. The van der Waals surface area contributed by atoms with Gasteiger partial charge in [0.15, 0.2) is 0 Å². The first-order chi connectivity index (χ1) is 6.59. The lowest BCUT2D eigenvalue weighted by Crippen LogP contribution is -2.21. The minimum atomic E-state index is -2.37. The minimum Gasteiger partial charge on any atom is -0.310 e. The second-order valence-electron chi connectivity index (χ2n) is 3.58. The Morgan fingerprint density at radius 3 is 2.14 bits per heavy atom. The lowest BCUT2D eigenvalue weighted by atomic mass is 10.1. The highest BCUT2D eigenvalue weighted by molar-refractivity contribution is 5.23. The Morgan fingerprint density at radius 1 is 1.14 bits per heavy atom. The van der Waals surface area contributed by atoms with E-state index in [-0.39, 0.29) is 5.56 Å². The van der Waals surface area contributed by atoms with Gasteiger partial charge in [-0.2, -0.15) is 0 Å². The van der Waals surface area contributed by atoms with Crippen LogP contribution >= 0.6 is 0 Å². The van der Waals surface area contributed by atoms with Crippen LogP contribution in [0.3, 0.4) is 0 Å². The van der Waals surface area contributed by atoms with Crippen LogP contribution in [0.1, 0.15) is 31.4 Å². The van der Waals surface area contributed by atoms with Crippen LogP contribution in [0.4, 0.5) is 8.78 Å². The van der Waals surface area contributed by atoms with E-state index in [0.29, 0.717) is 6.04 Å². The normalized spacial score (nSPS) is 11.3. The van der Waals surface area contributed by atoms with Crippen LogP contribution in [-0.2, 0) is 6.54 Å². The zero-order chi connectivity index (χ0) is 10.6. The number of hydrogen-bond acceptors (Lipinski definition) is 1. The van der Waals surface area contributed by atoms with Crippen molar-refractivity contribution in [2.45, 2.75) is 32.9 Å². The highest BCUT2D eigenvalue weighted by atomic mass is 19.3. The zero-order valence-corrected chi connectivity index (χ0v) is 8.43. The number of rotatable bonds is 4. The van der Waals surface area contributed by atoms with E-state index in [9.17, 15) is 8.78 Å². The maximum absolute atomic E-state index is 12.2. The number of hydrogen-bond donors (Lipinski definition) is 1. The van der Waals surface area contributed by atoms with Crippen LogP contribution in [0.5, 0.6) is 0 Å². The van der Waals surface area contributed by atoms with Crippen LogP contribution in [0.2, 0.25) is 0 Å². The molecule has 1 nitrogen and oxygen atoms in total. The molecule has 1 aromatic rings. The van der Waals surface area contributed by atoms with E-state index >= 15 is 0 Å².